The van der Waals surface area contributed by atoms with Crippen LogP contribution in [0.2, 0.25) is 0 Å². The average Bonchev–Trinajstić information content (AvgIpc) is 2.39. The summed E-state index contributed by atoms with van der Waals surface area (Å²) in [7, 11) is 3.48. The highest BCUT2D eigenvalue weighted by molar-refractivity contribution is 7.99. The molecule has 0 radical (unpaired) electrons. The first-order valence-electron chi connectivity index (χ1n) is 6.40. The van der Waals surface area contributed by atoms with Crippen molar-refractivity contribution in [1.82, 2.24) is 4.90 Å². The van der Waals surface area contributed by atoms with Gasteiger partial charge in [-0.25, -0.2) is 4.39 Å². The van der Waals surface area contributed by atoms with Gasteiger partial charge in [-0.15, -0.1) is 0 Å². The Morgan fingerprint density at radius 1 is 1.58 bits per heavy atom. The van der Waals surface area contributed by atoms with Crippen LogP contribution in [-0.4, -0.2) is 54.4 Å². The van der Waals surface area contributed by atoms with Gasteiger partial charge in [0.2, 0.25) is 0 Å². The molecule has 1 heterocycles. The van der Waals surface area contributed by atoms with Gasteiger partial charge in [0.15, 0.2) is 11.6 Å². The van der Waals surface area contributed by atoms with Crippen molar-refractivity contribution in [2.75, 3.05) is 32.2 Å². The van der Waals surface area contributed by atoms with Crippen LogP contribution in [0.15, 0.2) is 18.2 Å². The van der Waals surface area contributed by atoms with Crippen molar-refractivity contribution >= 4 is 11.8 Å². The van der Waals surface area contributed by atoms with E-state index in [1.165, 1.54) is 13.2 Å². The summed E-state index contributed by atoms with van der Waals surface area (Å²) in [5.41, 5.74) is 0.801. The molecule has 19 heavy (non-hydrogen) atoms. The molecule has 2 rings (SSSR count). The van der Waals surface area contributed by atoms with Crippen molar-refractivity contribution in [3.05, 3.63) is 29.6 Å². The van der Waals surface area contributed by atoms with Crippen LogP contribution in [0.1, 0.15) is 5.56 Å². The number of ether oxygens (including phenoxy) is 1. The summed E-state index contributed by atoms with van der Waals surface area (Å²) in [5.74, 6) is 1.90. The van der Waals surface area contributed by atoms with Gasteiger partial charge in [0, 0.05) is 30.5 Å². The molecule has 0 amide bonds. The standard InChI is InChI=1S/C14H20FNO2S/c1-16-5-6-19-9-12(16)13(17)8-10-3-4-14(18-2)11(15)7-10/h3-4,7,12-13,17H,5-6,8-9H2,1-2H3. The van der Waals surface area contributed by atoms with Crippen LogP contribution >= 0.6 is 11.8 Å². The Hall–Kier alpha value is -0.780. The molecule has 0 saturated carbocycles. The third-order valence-electron chi connectivity index (χ3n) is 3.55. The number of methoxy groups -OCH3 is 1. The molecule has 0 aromatic heterocycles. The largest absolute Gasteiger partial charge is 0.494 e. The molecule has 1 saturated heterocycles. The lowest BCUT2D eigenvalue weighted by molar-refractivity contribution is 0.0762. The third-order valence-corrected chi connectivity index (χ3v) is 4.60. The maximum absolute atomic E-state index is 13.6. The minimum absolute atomic E-state index is 0.143. The van der Waals surface area contributed by atoms with Crippen molar-refractivity contribution in [2.24, 2.45) is 0 Å². The van der Waals surface area contributed by atoms with E-state index in [-0.39, 0.29) is 17.6 Å². The van der Waals surface area contributed by atoms with Crippen molar-refractivity contribution < 1.29 is 14.2 Å². The molecule has 1 N–H and O–H groups in total. The molecule has 1 fully saturated rings. The summed E-state index contributed by atoms with van der Waals surface area (Å²) in [6.07, 6.45) is 0.00169. The van der Waals surface area contributed by atoms with Gasteiger partial charge in [-0.05, 0) is 24.7 Å². The number of nitrogens with zero attached hydrogens (tertiary/aromatic N) is 1. The van der Waals surface area contributed by atoms with Crippen LogP contribution < -0.4 is 4.74 Å². The molecule has 1 aromatic carbocycles. The number of aliphatic hydroxyl groups excluding tert-OH is 1. The van der Waals surface area contributed by atoms with Crippen LogP contribution in [0.25, 0.3) is 0 Å². The lowest BCUT2D eigenvalue weighted by Gasteiger charge is -2.35. The zero-order chi connectivity index (χ0) is 13.8. The maximum atomic E-state index is 13.6. The maximum Gasteiger partial charge on any atom is 0.165 e. The third kappa shape index (κ3) is 3.61. The fourth-order valence-electron chi connectivity index (χ4n) is 2.32. The Bertz CT molecular complexity index is 430. The van der Waals surface area contributed by atoms with Crippen molar-refractivity contribution in [3.8, 4) is 5.75 Å². The molecular weight excluding hydrogens is 265 g/mol. The molecule has 1 aliphatic rings. The van der Waals surface area contributed by atoms with Crippen molar-refractivity contribution in [2.45, 2.75) is 18.6 Å². The number of benzene rings is 1. The molecule has 3 nitrogen and oxygen atoms in total. The van der Waals surface area contributed by atoms with E-state index in [0.717, 1.165) is 23.6 Å². The molecule has 0 spiro atoms. The second-order valence-electron chi connectivity index (χ2n) is 4.86. The van der Waals surface area contributed by atoms with E-state index in [4.69, 9.17) is 4.74 Å². The minimum Gasteiger partial charge on any atom is -0.494 e. The minimum atomic E-state index is -0.467. The Balaban J connectivity index is 2.01. The summed E-state index contributed by atoms with van der Waals surface area (Å²) >= 11 is 1.86. The molecule has 106 valence electrons. The highest BCUT2D eigenvalue weighted by atomic mass is 32.2. The Morgan fingerprint density at radius 3 is 3.00 bits per heavy atom. The lowest BCUT2D eigenvalue weighted by Crippen LogP contribution is -2.47. The number of halogens is 1. The highest BCUT2D eigenvalue weighted by Crippen LogP contribution is 2.22. The number of thioether (sulfide) groups is 1. The fraction of sp³-hybridized carbons (Fsp3) is 0.571. The predicted molar refractivity (Wildman–Crippen MR) is 76.4 cm³/mol. The van der Waals surface area contributed by atoms with Crippen LogP contribution in [0, 0.1) is 5.82 Å². The second-order valence-corrected chi connectivity index (χ2v) is 6.01. The lowest BCUT2D eigenvalue weighted by atomic mass is 10.0. The van der Waals surface area contributed by atoms with Gasteiger partial charge in [0.1, 0.15) is 0 Å². The van der Waals surface area contributed by atoms with Crippen LogP contribution in [0.4, 0.5) is 4.39 Å². The van der Waals surface area contributed by atoms with E-state index in [0.29, 0.717) is 6.42 Å². The molecule has 1 aromatic rings. The van der Waals surface area contributed by atoms with Gasteiger partial charge < -0.3 is 9.84 Å². The normalized spacial score (nSPS) is 22.2. The Labute approximate surface area is 117 Å². The second kappa shape index (κ2) is 6.59. The van der Waals surface area contributed by atoms with Crippen molar-refractivity contribution in [1.29, 1.82) is 0 Å². The first kappa shape index (κ1) is 14.6. The summed E-state index contributed by atoms with van der Waals surface area (Å²) in [5, 5.41) is 10.3. The molecule has 0 aliphatic carbocycles. The van der Waals surface area contributed by atoms with E-state index in [2.05, 4.69) is 4.90 Å². The monoisotopic (exact) mass is 285 g/mol. The SMILES string of the molecule is COc1ccc(CC(O)C2CSCCN2C)cc1F. The first-order chi connectivity index (χ1) is 9.11. The number of hydrogen-bond donors (Lipinski definition) is 1. The van der Waals surface area contributed by atoms with E-state index < -0.39 is 6.10 Å². The number of likely N-dealkylation sites (N-methyl/N-ethyl adjacent to an activating group) is 1. The zero-order valence-corrected chi connectivity index (χ0v) is 12.1. The van der Waals surface area contributed by atoms with E-state index in [1.54, 1.807) is 12.1 Å². The van der Waals surface area contributed by atoms with E-state index in [9.17, 15) is 9.50 Å². The topological polar surface area (TPSA) is 32.7 Å². The average molecular weight is 285 g/mol. The highest BCUT2D eigenvalue weighted by Gasteiger charge is 2.26. The summed E-state index contributed by atoms with van der Waals surface area (Å²) in [6.45, 7) is 0.989. The van der Waals surface area contributed by atoms with Crippen LogP contribution in [0.5, 0.6) is 5.75 Å². The van der Waals surface area contributed by atoms with E-state index >= 15 is 0 Å². The van der Waals surface area contributed by atoms with Gasteiger partial charge in [-0.1, -0.05) is 6.07 Å². The summed E-state index contributed by atoms with van der Waals surface area (Å²) in [4.78, 5) is 2.18. The fourth-order valence-corrected chi connectivity index (χ4v) is 3.63. The smallest absolute Gasteiger partial charge is 0.165 e. The van der Waals surface area contributed by atoms with Gasteiger partial charge in [-0.3, -0.25) is 4.90 Å². The van der Waals surface area contributed by atoms with Crippen LogP contribution in [-0.2, 0) is 6.42 Å². The first-order valence-corrected chi connectivity index (χ1v) is 7.55. The molecule has 2 atom stereocenters. The van der Waals surface area contributed by atoms with Gasteiger partial charge >= 0.3 is 0 Å². The summed E-state index contributed by atoms with van der Waals surface area (Å²) in [6, 6.07) is 5.00. The van der Waals surface area contributed by atoms with E-state index in [1.807, 2.05) is 18.8 Å². The van der Waals surface area contributed by atoms with Gasteiger partial charge in [0.25, 0.3) is 0 Å². The van der Waals surface area contributed by atoms with Gasteiger partial charge in [-0.2, -0.15) is 11.8 Å². The molecule has 1 aliphatic heterocycles. The number of aliphatic hydroxyl groups is 1. The Morgan fingerprint density at radius 2 is 2.37 bits per heavy atom. The quantitative estimate of drug-likeness (QED) is 0.914. The van der Waals surface area contributed by atoms with Crippen molar-refractivity contribution in [3.63, 3.8) is 0 Å². The number of hydrogen-bond acceptors (Lipinski definition) is 4. The predicted octanol–water partition coefficient (Wildman–Crippen LogP) is 1.78. The molecule has 0 bridgehead atoms. The summed E-state index contributed by atoms with van der Waals surface area (Å²) < 4.78 is 18.5. The molecular formula is C14H20FNO2S. The molecule has 5 heteroatoms. The molecule has 2 unspecified atom stereocenters. The van der Waals surface area contributed by atoms with Gasteiger partial charge in [0.05, 0.1) is 13.2 Å². The number of rotatable bonds is 4. The zero-order valence-electron chi connectivity index (χ0n) is 11.3. The van der Waals surface area contributed by atoms with Crippen LogP contribution in [0.3, 0.4) is 0 Å². The Kier molecular flexibility index (Phi) is 5.07.